The van der Waals surface area contributed by atoms with E-state index in [0.29, 0.717) is 5.89 Å². The molecule has 0 unspecified atom stereocenters. The number of benzene rings is 4. The molecule has 0 spiro atoms. The van der Waals surface area contributed by atoms with Crippen molar-refractivity contribution in [2.75, 3.05) is 0 Å². The van der Waals surface area contributed by atoms with E-state index in [0.717, 1.165) is 39.6 Å². The van der Waals surface area contributed by atoms with Crippen molar-refractivity contribution in [2.24, 2.45) is 0 Å². The summed E-state index contributed by atoms with van der Waals surface area (Å²) in [5, 5.41) is 2.32. The normalized spacial score (nSPS) is 11.1. The summed E-state index contributed by atoms with van der Waals surface area (Å²) in [6, 6.07) is 30.9. The second-order valence-electron chi connectivity index (χ2n) is 6.95. The van der Waals surface area contributed by atoms with Crippen LogP contribution in [0.15, 0.2) is 102 Å². The van der Waals surface area contributed by atoms with Crippen LogP contribution in [0.2, 0.25) is 0 Å². The summed E-state index contributed by atoms with van der Waals surface area (Å²) in [7, 11) is 0. The summed E-state index contributed by atoms with van der Waals surface area (Å²) in [6.07, 6.45) is 0.739. The van der Waals surface area contributed by atoms with E-state index in [1.165, 1.54) is 10.9 Å². The maximum Gasteiger partial charge on any atom is 0.228 e. The number of hydrogen-bond acceptors (Lipinski definition) is 2. The van der Waals surface area contributed by atoms with Crippen molar-refractivity contribution in [1.29, 1.82) is 0 Å². The quantitative estimate of drug-likeness (QED) is 0.348. The molecule has 0 aliphatic heterocycles. The molecule has 0 saturated carbocycles. The van der Waals surface area contributed by atoms with Gasteiger partial charge in [0.2, 0.25) is 5.89 Å². The Morgan fingerprint density at radius 1 is 0.786 bits per heavy atom. The van der Waals surface area contributed by atoms with E-state index < -0.39 is 0 Å². The standard InChI is InChI=1S/C26H19NO/c1-18(19-9-3-2-4-10-19)17-21-16-15-20-11-5-6-12-22(20)25(21)26-27-23-13-7-8-14-24(23)28-26/h2-16H,1,17H2. The molecule has 1 aromatic heterocycles. The fraction of sp³-hybridized carbons (Fsp3) is 0.0385. The van der Waals surface area contributed by atoms with Crippen molar-refractivity contribution in [3.63, 3.8) is 0 Å². The van der Waals surface area contributed by atoms with Crippen molar-refractivity contribution in [3.8, 4) is 11.5 Å². The number of nitrogens with zero attached hydrogens (tertiary/aromatic N) is 1. The van der Waals surface area contributed by atoms with Gasteiger partial charge >= 0.3 is 0 Å². The van der Waals surface area contributed by atoms with E-state index in [1.54, 1.807) is 0 Å². The largest absolute Gasteiger partial charge is 0.436 e. The molecule has 0 radical (unpaired) electrons. The Morgan fingerprint density at radius 2 is 1.54 bits per heavy atom. The Morgan fingerprint density at radius 3 is 2.39 bits per heavy atom. The Bertz CT molecular complexity index is 1270. The van der Waals surface area contributed by atoms with Gasteiger partial charge in [-0.05, 0) is 46.0 Å². The summed E-state index contributed by atoms with van der Waals surface area (Å²) >= 11 is 0. The summed E-state index contributed by atoms with van der Waals surface area (Å²) in [5.74, 6) is 0.661. The molecule has 5 rings (SSSR count). The first-order chi connectivity index (χ1) is 13.8. The molecule has 2 heteroatoms. The number of oxazole rings is 1. The molecule has 0 saturated heterocycles. The lowest BCUT2D eigenvalue weighted by Crippen LogP contribution is -1.95. The third-order valence-electron chi connectivity index (χ3n) is 5.11. The van der Waals surface area contributed by atoms with Crippen molar-refractivity contribution < 1.29 is 4.42 Å². The predicted octanol–water partition coefficient (Wildman–Crippen LogP) is 6.90. The highest BCUT2D eigenvalue weighted by Gasteiger charge is 2.17. The molecule has 0 fully saturated rings. The van der Waals surface area contributed by atoms with Crippen molar-refractivity contribution in [1.82, 2.24) is 4.98 Å². The Balaban J connectivity index is 1.69. The molecule has 134 valence electrons. The van der Waals surface area contributed by atoms with Gasteiger partial charge in [0, 0.05) is 5.56 Å². The Kier molecular flexibility index (Phi) is 4.02. The first-order valence-corrected chi connectivity index (χ1v) is 9.39. The van der Waals surface area contributed by atoms with E-state index in [1.807, 2.05) is 42.5 Å². The van der Waals surface area contributed by atoms with Crippen molar-refractivity contribution in [2.45, 2.75) is 6.42 Å². The summed E-state index contributed by atoms with van der Waals surface area (Å²) in [5.41, 5.74) is 6.12. The average Bonchev–Trinajstić information content (AvgIpc) is 3.18. The maximum atomic E-state index is 6.15. The van der Waals surface area contributed by atoms with Crippen LogP contribution in [0.25, 0.3) is 38.9 Å². The Labute approximate surface area is 163 Å². The van der Waals surface area contributed by atoms with Gasteiger partial charge in [-0.15, -0.1) is 0 Å². The lowest BCUT2D eigenvalue weighted by Gasteiger charge is -2.12. The second-order valence-corrected chi connectivity index (χ2v) is 6.95. The van der Waals surface area contributed by atoms with Crippen LogP contribution in [0.3, 0.4) is 0 Å². The van der Waals surface area contributed by atoms with Gasteiger partial charge in [0.15, 0.2) is 5.58 Å². The van der Waals surface area contributed by atoms with E-state index >= 15 is 0 Å². The van der Waals surface area contributed by atoms with Gasteiger partial charge in [0.05, 0.1) is 0 Å². The molecule has 2 nitrogen and oxygen atoms in total. The van der Waals surface area contributed by atoms with E-state index in [4.69, 9.17) is 9.40 Å². The van der Waals surface area contributed by atoms with Crippen LogP contribution in [0, 0.1) is 0 Å². The van der Waals surface area contributed by atoms with Gasteiger partial charge in [-0.25, -0.2) is 4.98 Å². The maximum absolute atomic E-state index is 6.15. The van der Waals surface area contributed by atoms with Gasteiger partial charge in [0.25, 0.3) is 0 Å². The highest BCUT2D eigenvalue weighted by Crippen LogP contribution is 2.35. The lowest BCUT2D eigenvalue weighted by molar-refractivity contribution is 0.620. The molecule has 0 atom stereocenters. The van der Waals surface area contributed by atoms with Crippen LogP contribution >= 0.6 is 0 Å². The SMILES string of the molecule is C=C(Cc1ccc2ccccc2c1-c1nc2ccccc2o1)c1ccccc1. The van der Waals surface area contributed by atoms with Gasteiger partial charge in [-0.3, -0.25) is 0 Å². The molecule has 0 aliphatic rings. The van der Waals surface area contributed by atoms with E-state index in [2.05, 4.69) is 55.1 Å². The highest BCUT2D eigenvalue weighted by molar-refractivity contribution is 5.98. The Hall–Kier alpha value is -3.65. The summed E-state index contributed by atoms with van der Waals surface area (Å²) in [6.45, 7) is 4.33. The van der Waals surface area contributed by atoms with Gasteiger partial charge < -0.3 is 4.42 Å². The molecular weight excluding hydrogens is 342 g/mol. The zero-order valence-corrected chi connectivity index (χ0v) is 15.4. The van der Waals surface area contributed by atoms with E-state index in [9.17, 15) is 0 Å². The smallest absolute Gasteiger partial charge is 0.228 e. The first-order valence-electron chi connectivity index (χ1n) is 9.39. The first kappa shape index (κ1) is 16.5. The molecule has 0 bridgehead atoms. The van der Waals surface area contributed by atoms with Crippen LogP contribution < -0.4 is 0 Å². The molecule has 4 aromatic carbocycles. The average molecular weight is 361 g/mol. The van der Waals surface area contributed by atoms with E-state index in [-0.39, 0.29) is 0 Å². The second kappa shape index (κ2) is 6.82. The molecule has 5 aromatic rings. The molecule has 0 aliphatic carbocycles. The van der Waals surface area contributed by atoms with Crippen LogP contribution in [0.1, 0.15) is 11.1 Å². The minimum absolute atomic E-state index is 0.661. The van der Waals surface area contributed by atoms with Crippen molar-refractivity contribution >= 4 is 27.4 Å². The fourth-order valence-electron chi connectivity index (χ4n) is 3.70. The highest BCUT2D eigenvalue weighted by atomic mass is 16.3. The van der Waals surface area contributed by atoms with Crippen LogP contribution in [0.4, 0.5) is 0 Å². The monoisotopic (exact) mass is 361 g/mol. The minimum Gasteiger partial charge on any atom is -0.436 e. The lowest BCUT2D eigenvalue weighted by atomic mass is 9.92. The van der Waals surface area contributed by atoms with Gasteiger partial charge in [-0.2, -0.15) is 0 Å². The van der Waals surface area contributed by atoms with Crippen LogP contribution in [-0.4, -0.2) is 4.98 Å². The molecular formula is C26H19NO. The third kappa shape index (κ3) is 2.89. The minimum atomic E-state index is 0.661. The number of aromatic nitrogens is 1. The van der Waals surface area contributed by atoms with Crippen LogP contribution in [0.5, 0.6) is 0 Å². The zero-order chi connectivity index (χ0) is 18.9. The summed E-state index contributed by atoms with van der Waals surface area (Å²) in [4.78, 5) is 4.78. The van der Waals surface area contributed by atoms with Gasteiger partial charge in [0.1, 0.15) is 5.52 Å². The predicted molar refractivity (Wildman–Crippen MR) is 116 cm³/mol. The molecule has 1 heterocycles. The molecule has 0 N–H and O–H groups in total. The van der Waals surface area contributed by atoms with Crippen LogP contribution in [-0.2, 0) is 6.42 Å². The zero-order valence-electron chi connectivity index (χ0n) is 15.4. The number of hydrogen-bond donors (Lipinski definition) is 0. The van der Waals surface area contributed by atoms with Gasteiger partial charge in [-0.1, -0.05) is 85.4 Å². The molecule has 0 amide bonds. The third-order valence-corrected chi connectivity index (χ3v) is 5.11. The fourth-order valence-corrected chi connectivity index (χ4v) is 3.70. The summed E-state index contributed by atoms with van der Waals surface area (Å²) < 4.78 is 6.15. The number of para-hydroxylation sites is 2. The number of allylic oxidation sites excluding steroid dienone is 1. The van der Waals surface area contributed by atoms with Crippen molar-refractivity contribution in [3.05, 3.63) is 109 Å². The topological polar surface area (TPSA) is 26.0 Å². The molecule has 28 heavy (non-hydrogen) atoms. The number of rotatable bonds is 4. The number of fused-ring (bicyclic) bond motifs is 2.